The number of aromatic nitrogens is 2. The van der Waals surface area contributed by atoms with Gasteiger partial charge < -0.3 is 14.8 Å². The van der Waals surface area contributed by atoms with Crippen molar-refractivity contribution in [2.24, 2.45) is 11.8 Å². The highest BCUT2D eigenvalue weighted by atomic mass is 32.1. The Bertz CT molecular complexity index is 596. The van der Waals surface area contributed by atoms with Crippen molar-refractivity contribution in [1.82, 2.24) is 15.5 Å². The summed E-state index contributed by atoms with van der Waals surface area (Å²) in [6, 6.07) is 3.87. The van der Waals surface area contributed by atoms with Crippen LogP contribution in [-0.4, -0.2) is 27.8 Å². The lowest BCUT2D eigenvalue weighted by Crippen LogP contribution is -2.28. The molecule has 21 heavy (non-hydrogen) atoms. The summed E-state index contributed by atoms with van der Waals surface area (Å²) in [7, 11) is 0. The van der Waals surface area contributed by atoms with E-state index >= 15 is 0 Å². The molecule has 0 spiro atoms. The number of carboxylic acid groups (broad SMARTS) is 1. The fourth-order valence-corrected chi connectivity index (χ4v) is 3.44. The van der Waals surface area contributed by atoms with Crippen LogP contribution in [0.3, 0.4) is 0 Å². The molecule has 0 saturated heterocycles. The predicted molar refractivity (Wildman–Crippen MR) is 77.8 cm³/mol. The highest BCUT2D eigenvalue weighted by Crippen LogP contribution is 2.31. The zero-order valence-electron chi connectivity index (χ0n) is 11.5. The van der Waals surface area contributed by atoms with Gasteiger partial charge in [-0.25, -0.2) is 0 Å². The van der Waals surface area contributed by atoms with Crippen LogP contribution in [0.1, 0.15) is 25.2 Å². The molecule has 2 aromatic heterocycles. The Morgan fingerprint density at radius 3 is 3.14 bits per heavy atom. The first-order valence-electron chi connectivity index (χ1n) is 7.04. The van der Waals surface area contributed by atoms with Gasteiger partial charge in [0.1, 0.15) is 0 Å². The number of nitrogens with zero attached hydrogens (tertiary/aromatic N) is 2. The van der Waals surface area contributed by atoms with Gasteiger partial charge in [0.05, 0.1) is 17.3 Å². The van der Waals surface area contributed by atoms with E-state index in [1.807, 2.05) is 17.5 Å². The lowest BCUT2D eigenvalue weighted by Gasteiger charge is -2.15. The van der Waals surface area contributed by atoms with Gasteiger partial charge in [0.15, 0.2) is 0 Å². The van der Waals surface area contributed by atoms with E-state index in [1.54, 1.807) is 11.3 Å². The van der Waals surface area contributed by atoms with Crippen LogP contribution in [0.5, 0.6) is 0 Å². The van der Waals surface area contributed by atoms with E-state index in [-0.39, 0.29) is 11.8 Å². The van der Waals surface area contributed by atoms with Crippen molar-refractivity contribution < 1.29 is 14.3 Å². The first-order valence-corrected chi connectivity index (χ1v) is 7.92. The van der Waals surface area contributed by atoms with Gasteiger partial charge in [-0.3, -0.25) is 4.79 Å². The van der Waals surface area contributed by atoms with Crippen molar-refractivity contribution in [3.63, 3.8) is 0 Å². The Morgan fingerprint density at radius 2 is 2.38 bits per heavy atom. The molecule has 1 saturated carbocycles. The maximum atomic E-state index is 11.1. The topological polar surface area (TPSA) is 88.2 Å². The summed E-state index contributed by atoms with van der Waals surface area (Å²) < 4.78 is 5.58. The summed E-state index contributed by atoms with van der Waals surface area (Å²) in [5.41, 5.74) is 0. The number of hydrogen-bond donors (Lipinski definition) is 2. The van der Waals surface area contributed by atoms with E-state index in [0.717, 1.165) is 24.1 Å². The molecule has 0 aromatic carbocycles. The molecule has 3 rings (SSSR count). The summed E-state index contributed by atoms with van der Waals surface area (Å²) in [5, 5.41) is 22.3. The van der Waals surface area contributed by atoms with E-state index in [0.29, 0.717) is 24.9 Å². The van der Waals surface area contributed by atoms with Crippen LogP contribution in [-0.2, 0) is 11.3 Å². The monoisotopic (exact) mass is 307 g/mol. The van der Waals surface area contributed by atoms with Gasteiger partial charge in [-0.15, -0.1) is 21.5 Å². The fourth-order valence-electron chi connectivity index (χ4n) is 2.80. The van der Waals surface area contributed by atoms with Gasteiger partial charge in [-0.2, -0.15) is 0 Å². The molecule has 6 nitrogen and oxygen atoms in total. The molecule has 1 fully saturated rings. The van der Waals surface area contributed by atoms with Gasteiger partial charge in [0, 0.05) is 0 Å². The van der Waals surface area contributed by atoms with Gasteiger partial charge in [-0.1, -0.05) is 12.5 Å². The summed E-state index contributed by atoms with van der Waals surface area (Å²) in [6.07, 6.45) is 2.74. The third-order valence-electron chi connectivity index (χ3n) is 3.86. The third kappa shape index (κ3) is 3.30. The second kappa shape index (κ2) is 6.36. The van der Waals surface area contributed by atoms with Crippen LogP contribution < -0.4 is 5.32 Å². The number of carboxylic acids is 1. The molecule has 2 N–H and O–H groups in total. The van der Waals surface area contributed by atoms with Crippen LogP contribution in [0.4, 0.5) is 0 Å². The summed E-state index contributed by atoms with van der Waals surface area (Å²) in [4.78, 5) is 12.1. The number of thiophene rings is 1. The minimum absolute atomic E-state index is 0.196. The van der Waals surface area contributed by atoms with Gasteiger partial charge >= 0.3 is 5.97 Å². The van der Waals surface area contributed by atoms with E-state index in [1.165, 1.54) is 0 Å². The smallest absolute Gasteiger partial charge is 0.306 e. The Labute approximate surface area is 126 Å². The number of aliphatic carboxylic acids is 1. The standard InChI is InChI=1S/C14H17N3O3S/c18-14(19)10-4-1-3-9(10)7-15-8-12-16-17-13(20-12)11-5-2-6-21-11/h2,5-6,9-10,15H,1,3-4,7-8H2,(H,18,19). The molecule has 112 valence electrons. The normalized spacial score (nSPS) is 21.7. The van der Waals surface area contributed by atoms with Gasteiger partial charge in [0.25, 0.3) is 5.89 Å². The van der Waals surface area contributed by atoms with Crippen molar-refractivity contribution in [2.75, 3.05) is 6.54 Å². The number of nitrogens with one attached hydrogen (secondary N) is 1. The highest BCUT2D eigenvalue weighted by molar-refractivity contribution is 7.13. The minimum Gasteiger partial charge on any atom is -0.481 e. The van der Waals surface area contributed by atoms with Gasteiger partial charge in [-0.05, 0) is 36.8 Å². The van der Waals surface area contributed by atoms with E-state index in [9.17, 15) is 4.79 Å². The van der Waals surface area contributed by atoms with E-state index < -0.39 is 5.97 Å². The largest absolute Gasteiger partial charge is 0.481 e. The first-order chi connectivity index (χ1) is 10.2. The Morgan fingerprint density at radius 1 is 1.48 bits per heavy atom. The molecule has 2 heterocycles. The predicted octanol–water partition coefficient (Wildman–Crippen LogP) is 2.39. The van der Waals surface area contributed by atoms with E-state index in [4.69, 9.17) is 9.52 Å². The fraction of sp³-hybridized carbons (Fsp3) is 0.500. The second-order valence-electron chi connectivity index (χ2n) is 5.24. The van der Waals surface area contributed by atoms with Crippen molar-refractivity contribution >= 4 is 17.3 Å². The zero-order chi connectivity index (χ0) is 14.7. The number of rotatable bonds is 6. The van der Waals surface area contributed by atoms with E-state index in [2.05, 4.69) is 15.5 Å². The molecule has 2 aromatic rings. The number of hydrogen-bond acceptors (Lipinski definition) is 6. The quantitative estimate of drug-likeness (QED) is 0.852. The lowest BCUT2D eigenvalue weighted by atomic mass is 9.96. The molecular formula is C14H17N3O3S. The average molecular weight is 307 g/mol. The Hall–Kier alpha value is -1.73. The number of carbonyl (C=O) groups is 1. The Kier molecular flexibility index (Phi) is 4.31. The highest BCUT2D eigenvalue weighted by Gasteiger charge is 2.32. The molecule has 2 atom stereocenters. The minimum atomic E-state index is -0.683. The molecular weight excluding hydrogens is 290 g/mol. The van der Waals surface area contributed by atoms with Crippen LogP contribution in [0.2, 0.25) is 0 Å². The maximum absolute atomic E-state index is 11.1. The Balaban J connectivity index is 1.51. The maximum Gasteiger partial charge on any atom is 0.306 e. The molecule has 0 amide bonds. The third-order valence-corrected chi connectivity index (χ3v) is 4.72. The average Bonchev–Trinajstić information content (AvgIpc) is 3.20. The molecule has 7 heteroatoms. The van der Waals surface area contributed by atoms with Crippen molar-refractivity contribution in [1.29, 1.82) is 0 Å². The molecule has 1 aliphatic rings. The molecule has 1 aliphatic carbocycles. The second-order valence-corrected chi connectivity index (χ2v) is 6.19. The molecule has 0 radical (unpaired) electrons. The van der Waals surface area contributed by atoms with Crippen LogP contribution in [0.15, 0.2) is 21.9 Å². The summed E-state index contributed by atoms with van der Waals surface area (Å²) >= 11 is 1.56. The van der Waals surface area contributed by atoms with Crippen molar-refractivity contribution in [3.8, 4) is 10.8 Å². The SMILES string of the molecule is O=C(O)C1CCCC1CNCc1nnc(-c2cccs2)o1. The molecule has 2 unspecified atom stereocenters. The lowest BCUT2D eigenvalue weighted by molar-refractivity contribution is -0.142. The van der Waals surface area contributed by atoms with Crippen LogP contribution >= 0.6 is 11.3 Å². The molecule has 0 aliphatic heterocycles. The van der Waals surface area contributed by atoms with Gasteiger partial charge in [0.2, 0.25) is 5.89 Å². The summed E-state index contributed by atoms with van der Waals surface area (Å²) in [6.45, 7) is 1.15. The van der Waals surface area contributed by atoms with Crippen LogP contribution in [0.25, 0.3) is 10.8 Å². The first kappa shape index (κ1) is 14.2. The zero-order valence-corrected chi connectivity index (χ0v) is 12.3. The molecule has 0 bridgehead atoms. The van der Waals surface area contributed by atoms with Crippen LogP contribution in [0, 0.1) is 11.8 Å². The van der Waals surface area contributed by atoms with Crippen molar-refractivity contribution in [3.05, 3.63) is 23.4 Å². The van der Waals surface area contributed by atoms with Crippen molar-refractivity contribution in [2.45, 2.75) is 25.8 Å². The summed E-state index contributed by atoms with van der Waals surface area (Å²) in [5.74, 6) is 0.357.